The molecule has 0 bridgehead atoms. The Hall–Kier alpha value is -0.520. The van der Waals surface area contributed by atoms with Crippen molar-refractivity contribution >= 4 is 15.9 Å². The van der Waals surface area contributed by atoms with Gasteiger partial charge in [0.1, 0.15) is 11.6 Å². The minimum Gasteiger partial charge on any atom is -0.314 e. The van der Waals surface area contributed by atoms with Crippen molar-refractivity contribution in [1.29, 1.82) is 0 Å². The van der Waals surface area contributed by atoms with Gasteiger partial charge < -0.3 is 5.32 Å². The SMILES string of the molecule is CC(C)(C)[C@H](c1c(F)cc(Br)cc1F)N1CCNCC1. The van der Waals surface area contributed by atoms with Crippen LogP contribution in [0.15, 0.2) is 16.6 Å². The number of hydrogen-bond acceptors (Lipinski definition) is 2. The number of halogens is 3. The van der Waals surface area contributed by atoms with Gasteiger partial charge in [0.25, 0.3) is 0 Å². The number of benzene rings is 1. The second-order valence-electron chi connectivity index (χ2n) is 6.34. The van der Waals surface area contributed by atoms with Gasteiger partial charge in [-0.2, -0.15) is 0 Å². The Morgan fingerprint density at radius 1 is 1.15 bits per heavy atom. The Labute approximate surface area is 127 Å². The van der Waals surface area contributed by atoms with Gasteiger partial charge in [-0.1, -0.05) is 36.7 Å². The fraction of sp³-hybridized carbons (Fsp3) is 0.600. The molecule has 5 heteroatoms. The molecule has 1 aliphatic rings. The van der Waals surface area contributed by atoms with E-state index >= 15 is 0 Å². The van der Waals surface area contributed by atoms with Crippen molar-refractivity contribution < 1.29 is 8.78 Å². The van der Waals surface area contributed by atoms with E-state index in [1.165, 1.54) is 12.1 Å². The predicted molar refractivity (Wildman–Crippen MR) is 80.7 cm³/mol. The van der Waals surface area contributed by atoms with Gasteiger partial charge in [0.05, 0.1) is 0 Å². The van der Waals surface area contributed by atoms with Crippen LogP contribution in [0.1, 0.15) is 32.4 Å². The van der Waals surface area contributed by atoms with Crippen molar-refractivity contribution in [2.24, 2.45) is 5.41 Å². The first-order valence-corrected chi connectivity index (χ1v) is 7.69. The van der Waals surface area contributed by atoms with Gasteiger partial charge in [0, 0.05) is 42.3 Å². The molecule has 1 N–H and O–H groups in total. The number of rotatable bonds is 2. The van der Waals surface area contributed by atoms with Crippen LogP contribution in [0.2, 0.25) is 0 Å². The highest BCUT2D eigenvalue weighted by molar-refractivity contribution is 9.10. The third kappa shape index (κ3) is 3.38. The van der Waals surface area contributed by atoms with Gasteiger partial charge in [-0.05, 0) is 17.5 Å². The van der Waals surface area contributed by atoms with Gasteiger partial charge >= 0.3 is 0 Å². The van der Waals surface area contributed by atoms with Crippen molar-refractivity contribution in [3.05, 3.63) is 33.8 Å². The lowest BCUT2D eigenvalue weighted by atomic mass is 9.80. The molecule has 0 saturated carbocycles. The van der Waals surface area contributed by atoms with Gasteiger partial charge in [-0.25, -0.2) is 8.78 Å². The van der Waals surface area contributed by atoms with Crippen LogP contribution in [0, 0.1) is 17.0 Å². The molecule has 0 aliphatic carbocycles. The zero-order valence-electron chi connectivity index (χ0n) is 12.1. The molecular formula is C15H21BrF2N2. The number of nitrogens with one attached hydrogen (secondary N) is 1. The van der Waals surface area contributed by atoms with Crippen molar-refractivity contribution in [3.63, 3.8) is 0 Å². The molecule has 1 fully saturated rings. The van der Waals surface area contributed by atoms with E-state index in [9.17, 15) is 8.78 Å². The van der Waals surface area contributed by atoms with Crippen LogP contribution in [0.5, 0.6) is 0 Å². The number of piperazine rings is 1. The molecule has 1 saturated heterocycles. The zero-order valence-corrected chi connectivity index (χ0v) is 13.7. The fourth-order valence-corrected chi connectivity index (χ4v) is 3.32. The van der Waals surface area contributed by atoms with E-state index in [0.29, 0.717) is 4.47 Å². The Balaban J connectivity index is 2.46. The van der Waals surface area contributed by atoms with E-state index in [2.05, 4.69) is 26.1 Å². The zero-order chi connectivity index (χ0) is 14.9. The van der Waals surface area contributed by atoms with E-state index < -0.39 is 11.6 Å². The van der Waals surface area contributed by atoms with E-state index in [0.717, 1.165) is 26.2 Å². The van der Waals surface area contributed by atoms with E-state index in [1.54, 1.807) is 0 Å². The predicted octanol–water partition coefficient (Wildman–Crippen LogP) is 3.72. The molecule has 1 aliphatic heterocycles. The molecule has 1 heterocycles. The fourth-order valence-electron chi connectivity index (χ4n) is 2.92. The molecule has 112 valence electrons. The molecular weight excluding hydrogens is 326 g/mol. The molecule has 2 nitrogen and oxygen atoms in total. The van der Waals surface area contributed by atoms with Crippen LogP contribution in [0.3, 0.4) is 0 Å². The van der Waals surface area contributed by atoms with Gasteiger partial charge in [0.2, 0.25) is 0 Å². The Kier molecular flexibility index (Phi) is 4.82. The van der Waals surface area contributed by atoms with Crippen molar-refractivity contribution in [2.45, 2.75) is 26.8 Å². The van der Waals surface area contributed by atoms with Crippen molar-refractivity contribution in [3.8, 4) is 0 Å². The second kappa shape index (κ2) is 6.08. The van der Waals surface area contributed by atoms with Crippen LogP contribution in [0.25, 0.3) is 0 Å². The minimum atomic E-state index is -0.477. The van der Waals surface area contributed by atoms with E-state index in [-0.39, 0.29) is 17.0 Å². The number of hydrogen-bond donors (Lipinski definition) is 1. The summed E-state index contributed by atoms with van der Waals surface area (Å²) in [7, 11) is 0. The summed E-state index contributed by atoms with van der Waals surface area (Å²) in [4.78, 5) is 2.17. The van der Waals surface area contributed by atoms with Crippen LogP contribution >= 0.6 is 15.9 Å². The standard InChI is InChI=1S/C15H21BrF2N2/c1-15(2,3)14(20-6-4-19-5-7-20)13-11(17)8-10(16)9-12(13)18/h8-9,14,19H,4-7H2,1-3H3/t14-/m0/s1. The topological polar surface area (TPSA) is 15.3 Å². The third-order valence-corrected chi connectivity index (χ3v) is 4.11. The third-order valence-electron chi connectivity index (χ3n) is 3.65. The highest BCUT2D eigenvalue weighted by Crippen LogP contribution is 2.41. The molecule has 2 rings (SSSR count). The van der Waals surface area contributed by atoms with Crippen molar-refractivity contribution in [1.82, 2.24) is 10.2 Å². The molecule has 20 heavy (non-hydrogen) atoms. The first kappa shape index (κ1) is 15.9. The molecule has 1 atom stereocenters. The molecule has 1 aromatic rings. The normalized spacial score (nSPS) is 19.1. The second-order valence-corrected chi connectivity index (χ2v) is 7.25. The lowest BCUT2D eigenvalue weighted by molar-refractivity contribution is 0.0804. The first-order chi connectivity index (χ1) is 9.30. The highest BCUT2D eigenvalue weighted by atomic mass is 79.9. The maximum atomic E-state index is 14.3. The Morgan fingerprint density at radius 2 is 1.65 bits per heavy atom. The summed E-state index contributed by atoms with van der Waals surface area (Å²) >= 11 is 3.14. The van der Waals surface area contributed by atoms with E-state index in [4.69, 9.17) is 0 Å². The van der Waals surface area contributed by atoms with Crippen LogP contribution in [-0.2, 0) is 0 Å². The average Bonchev–Trinajstić information content (AvgIpc) is 2.33. The summed E-state index contributed by atoms with van der Waals surface area (Å²) < 4.78 is 29.1. The summed E-state index contributed by atoms with van der Waals surface area (Å²) in [5.41, 5.74) is -0.0602. The lowest BCUT2D eigenvalue weighted by Gasteiger charge is -2.42. The maximum Gasteiger partial charge on any atom is 0.132 e. The highest BCUT2D eigenvalue weighted by Gasteiger charge is 2.36. The summed E-state index contributed by atoms with van der Waals surface area (Å²) in [6.07, 6.45) is 0. The largest absolute Gasteiger partial charge is 0.314 e. The Bertz CT molecular complexity index is 456. The number of nitrogens with zero attached hydrogens (tertiary/aromatic N) is 1. The van der Waals surface area contributed by atoms with Crippen LogP contribution < -0.4 is 5.32 Å². The van der Waals surface area contributed by atoms with E-state index in [1.807, 2.05) is 20.8 Å². The summed E-state index contributed by atoms with van der Waals surface area (Å²) in [5.74, 6) is -0.953. The molecule has 0 unspecified atom stereocenters. The minimum absolute atomic E-state index is 0.183. The van der Waals surface area contributed by atoms with Gasteiger partial charge in [0.15, 0.2) is 0 Å². The molecule has 0 spiro atoms. The van der Waals surface area contributed by atoms with Crippen molar-refractivity contribution in [2.75, 3.05) is 26.2 Å². The first-order valence-electron chi connectivity index (χ1n) is 6.90. The van der Waals surface area contributed by atoms with Crippen LogP contribution in [-0.4, -0.2) is 31.1 Å². The maximum absolute atomic E-state index is 14.3. The Morgan fingerprint density at radius 3 is 2.10 bits per heavy atom. The van der Waals surface area contributed by atoms with Gasteiger partial charge in [-0.15, -0.1) is 0 Å². The van der Waals surface area contributed by atoms with Crippen LogP contribution in [0.4, 0.5) is 8.78 Å². The molecule has 0 radical (unpaired) electrons. The summed E-state index contributed by atoms with van der Waals surface area (Å²) in [6.45, 7) is 9.40. The lowest BCUT2D eigenvalue weighted by Crippen LogP contribution is -2.48. The molecule has 1 aromatic carbocycles. The summed E-state index contributed by atoms with van der Waals surface area (Å²) in [5, 5.41) is 3.27. The quantitative estimate of drug-likeness (QED) is 0.877. The molecule has 0 amide bonds. The van der Waals surface area contributed by atoms with Gasteiger partial charge in [-0.3, -0.25) is 4.90 Å². The summed E-state index contributed by atoms with van der Waals surface area (Å²) in [6, 6.07) is 2.43. The molecule has 0 aromatic heterocycles. The monoisotopic (exact) mass is 346 g/mol. The smallest absolute Gasteiger partial charge is 0.132 e. The average molecular weight is 347 g/mol.